The summed E-state index contributed by atoms with van der Waals surface area (Å²) in [6.45, 7) is 0. The first-order valence-corrected chi connectivity index (χ1v) is 7.79. The molecule has 0 saturated carbocycles. The molecular weight excluding hydrogens is 373 g/mol. The SMILES string of the molecule is CN(C)c1ccc(/C=C/c2cn3cc(I)ccc3n2)cc1. The molecule has 0 spiro atoms. The lowest BCUT2D eigenvalue weighted by Gasteiger charge is -2.11. The van der Waals surface area contributed by atoms with E-state index >= 15 is 0 Å². The Hall–Kier alpha value is -1.82. The second kappa shape index (κ2) is 5.89. The second-order valence-electron chi connectivity index (χ2n) is 5.10. The highest BCUT2D eigenvalue weighted by molar-refractivity contribution is 14.1. The molecule has 0 aliphatic rings. The van der Waals surface area contributed by atoms with Crippen LogP contribution in [0.2, 0.25) is 0 Å². The summed E-state index contributed by atoms with van der Waals surface area (Å²) in [6, 6.07) is 12.6. The summed E-state index contributed by atoms with van der Waals surface area (Å²) >= 11 is 2.31. The summed E-state index contributed by atoms with van der Waals surface area (Å²) in [6.07, 6.45) is 8.25. The molecule has 0 unspecified atom stereocenters. The van der Waals surface area contributed by atoms with Crippen LogP contribution in [0.3, 0.4) is 0 Å². The molecule has 2 heterocycles. The number of rotatable bonds is 3. The molecule has 2 aromatic heterocycles. The molecule has 0 aliphatic heterocycles. The highest BCUT2D eigenvalue weighted by atomic mass is 127. The maximum Gasteiger partial charge on any atom is 0.137 e. The van der Waals surface area contributed by atoms with E-state index in [0.29, 0.717) is 0 Å². The number of nitrogens with zero attached hydrogens (tertiary/aromatic N) is 3. The average molecular weight is 389 g/mol. The number of aromatic nitrogens is 2. The summed E-state index contributed by atoms with van der Waals surface area (Å²) in [4.78, 5) is 6.67. The zero-order valence-corrected chi connectivity index (χ0v) is 14.2. The zero-order chi connectivity index (χ0) is 14.8. The summed E-state index contributed by atoms with van der Waals surface area (Å²) in [5, 5.41) is 0. The molecule has 3 rings (SSSR count). The zero-order valence-electron chi connectivity index (χ0n) is 12.0. The molecule has 1 aromatic carbocycles. The largest absolute Gasteiger partial charge is 0.378 e. The van der Waals surface area contributed by atoms with E-state index in [2.05, 4.69) is 79.5 Å². The standard InChI is InChI=1S/C17H16IN3/c1-20(2)16-8-4-13(5-9-16)3-7-15-12-21-11-14(18)6-10-17(21)19-15/h3-12H,1-2H3/b7-3+. The number of halogens is 1. The van der Waals surface area contributed by atoms with Gasteiger partial charge < -0.3 is 9.30 Å². The van der Waals surface area contributed by atoms with Gasteiger partial charge in [0.1, 0.15) is 5.65 Å². The molecule has 0 amide bonds. The Balaban J connectivity index is 1.83. The lowest BCUT2D eigenvalue weighted by Crippen LogP contribution is -2.07. The van der Waals surface area contributed by atoms with Crippen molar-refractivity contribution in [2.45, 2.75) is 0 Å². The van der Waals surface area contributed by atoms with Crippen LogP contribution in [-0.4, -0.2) is 23.5 Å². The van der Waals surface area contributed by atoms with Crippen molar-refractivity contribution in [1.29, 1.82) is 0 Å². The van der Waals surface area contributed by atoms with E-state index < -0.39 is 0 Å². The third-order valence-corrected chi connectivity index (χ3v) is 3.93. The van der Waals surface area contributed by atoms with Crippen LogP contribution in [0, 0.1) is 3.57 Å². The number of anilines is 1. The van der Waals surface area contributed by atoms with Crippen LogP contribution in [0.1, 0.15) is 11.3 Å². The van der Waals surface area contributed by atoms with Gasteiger partial charge in [0.15, 0.2) is 0 Å². The highest BCUT2D eigenvalue weighted by Crippen LogP contribution is 2.15. The maximum absolute atomic E-state index is 4.58. The lowest BCUT2D eigenvalue weighted by atomic mass is 10.2. The number of hydrogen-bond acceptors (Lipinski definition) is 2. The second-order valence-corrected chi connectivity index (χ2v) is 6.34. The van der Waals surface area contributed by atoms with E-state index in [4.69, 9.17) is 0 Å². The van der Waals surface area contributed by atoms with Crippen LogP contribution in [0.15, 0.2) is 48.8 Å². The summed E-state index contributed by atoms with van der Waals surface area (Å²) in [7, 11) is 4.09. The van der Waals surface area contributed by atoms with Crippen molar-refractivity contribution < 1.29 is 0 Å². The Morgan fingerprint density at radius 2 is 1.76 bits per heavy atom. The molecule has 4 heteroatoms. The fourth-order valence-corrected chi connectivity index (χ4v) is 2.61. The number of fused-ring (bicyclic) bond motifs is 1. The Bertz CT molecular complexity index is 785. The molecule has 0 bridgehead atoms. The van der Waals surface area contributed by atoms with E-state index in [-0.39, 0.29) is 0 Å². The average Bonchev–Trinajstić information content (AvgIpc) is 2.87. The van der Waals surface area contributed by atoms with Crippen molar-refractivity contribution >= 4 is 46.1 Å². The lowest BCUT2D eigenvalue weighted by molar-refractivity contribution is 1.13. The van der Waals surface area contributed by atoms with E-state index in [9.17, 15) is 0 Å². The van der Waals surface area contributed by atoms with Crippen LogP contribution >= 0.6 is 22.6 Å². The first-order chi connectivity index (χ1) is 10.1. The summed E-state index contributed by atoms with van der Waals surface area (Å²) < 4.78 is 3.25. The normalized spacial score (nSPS) is 11.4. The third-order valence-electron chi connectivity index (χ3n) is 3.29. The van der Waals surface area contributed by atoms with Crippen molar-refractivity contribution in [2.24, 2.45) is 0 Å². The van der Waals surface area contributed by atoms with Gasteiger partial charge in [-0.05, 0) is 58.5 Å². The number of imidazole rings is 1. The first kappa shape index (κ1) is 14.1. The summed E-state index contributed by atoms with van der Waals surface area (Å²) in [5.74, 6) is 0. The minimum Gasteiger partial charge on any atom is -0.378 e. The van der Waals surface area contributed by atoms with Crippen molar-refractivity contribution in [3.8, 4) is 0 Å². The van der Waals surface area contributed by atoms with Crippen molar-refractivity contribution in [3.05, 3.63) is 63.6 Å². The quantitative estimate of drug-likeness (QED) is 0.627. The smallest absolute Gasteiger partial charge is 0.137 e. The number of benzene rings is 1. The fourth-order valence-electron chi connectivity index (χ4n) is 2.13. The molecule has 0 fully saturated rings. The Kier molecular flexibility index (Phi) is 3.96. The number of pyridine rings is 1. The molecule has 0 saturated heterocycles. The predicted molar refractivity (Wildman–Crippen MR) is 97.6 cm³/mol. The van der Waals surface area contributed by atoms with Crippen LogP contribution < -0.4 is 4.90 Å². The molecule has 3 aromatic rings. The maximum atomic E-state index is 4.58. The number of hydrogen-bond donors (Lipinski definition) is 0. The molecule has 21 heavy (non-hydrogen) atoms. The molecule has 0 aliphatic carbocycles. The molecule has 0 atom stereocenters. The van der Waals surface area contributed by atoms with Crippen molar-refractivity contribution in [3.63, 3.8) is 0 Å². The van der Waals surface area contributed by atoms with Crippen molar-refractivity contribution in [2.75, 3.05) is 19.0 Å². The van der Waals surface area contributed by atoms with Crippen molar-refractivity contribution in [1.82, 2.24) is 9.38 Å². The van der Waals surface area contributed by atoms with E-state index in [0.717, 1.165) is 11.3 Å². The minimum atomic E-state index is 0.966. The monoisotopic (exact) mass is 389 g/mol. The van der Waals surface area contributed by atoms with Crippen LogP contribution in [0.4, 0.5) is 5.69 Å². The molecule has 0 radical (unpaired) electrons. The van der Waals surface area contributed by atoms with Gasteiger partial charge in [0.05, 0.1) is 5.69 Å². The van der Waals surface area contributed by atoms with Gasteiger partial charge in [-0.3, -0.25) is 0 Å². The Labute approximate surface area is 138 Å². The molecule has 0 N–H and O–H groups in total. The molecule has 106 valence electrons. The first-order valence-electron chi connectivity index (χ1n) is 6.71. The molecule has 3 nitrogen and oxygen atoms in total. The van der Waals surface area contributed by atoms with E-state index in [1.807, 2.05) is 32.4 Å². The Morgan fingerprint density at radius 1 is 1.00 bits per heavy atom. The van der Waals surface area contributed by atoms with Gasteiger partial charge in [-0.2, -0.15) is 0 Å². The van der Waals surface area contributed by atoms with Crippen LogP contribution in [0.25, 0.3) is 17.8 Å². The van der Waals surface area contributed by atoms with E-state index in [1.54, 1.807) is 0 Å². The van der Waals surface area contributed by atoms with Gasteiger partial charge in [-0.1, -0.05) is 18.2 Å². The van der Waals surface area contributed by atoms with Crippen LogP contribution in [-0.2, 0) is 0 Å². The van der Waals surface area contributed by atoms with Gasteiger partial charge in [-0.15, -0.1) is 0 Å². The summed E-state index contributed by atoms with van der Waals surface area (Å²) in [5.41, 5.74) is 4.31. The van der Waals surface area contributed by atoms with Gasteiger partial charge in [0, 0.05) is 35.7 Å². The third kappa shape index (κ3) is 3.26. The highest BCUT2D eigenvalue weighted by Gasteiger charge is 1.99. The molecular formula is C17H16IN3. The predicted octanol–water partition coefficient (Wildman–Crippen LogP) is 4.18. The fraction of sp³-hybridized carbons (Fsp3) is 0.118. The topological polar surface area (TPSA) is 20.5 Å². The minimum absolute atomic E-state index is 0.966. The Morgan fingerprint density at radius 3 is 2.48 bits per heavy atom. The van der Waals surface area contributed by atoms with Crippen LogP contribution in [0.5, 0.6) is 0 Å². The van der Waals surface area contributed by atoms with Gasteiger partial charge in [-0.25, -0.2) is 4.98 Å². The van der Waals surface area contributed by atoms with Gasteiger partial charge in [0.25, 0.3) is 0 Å². The van der Waals surface area contributed by atoms with E-state index in [1.165, 1.54) is 14.8 Å². The van der Waals surface area contributed by atoms with Gasteiger partial charge >= 0.3 is 0 Å². The van der Waals surface area contributed by atoms with Gasteiger partial charge in [0.2, 0.25) is 0 Å².